The number of phosphoric acid groups is 1. The normalized spacial score (nSPS) is 13.9. The number of aliphatic hydroxyl groups is 2. The molecule has 0 fully saturated rings. The number of carbonyl (C=O) groups excluding carboxylic acids is 2. The molecule has 3 atom stereocenters. The number of hydrogen-bond acceptors (Lipinski definition) is 9. The highest BCUT2D eigenvalue weighted by molar-refractivity contribution is 7.47. The quantitative estimate of drug-likeness (QED) is 0.0312. The number of carbonyl (C=O) groups is 2. The first-order chi connectivity index (χ1) is 25.2. The molecule has 0 heterocycles. The van der Waals surface area contributed by atoms with Gasteiger partial charge >= 0.3 is 19.8 Å². The van der Waals surface area contributed by atoms with Gasteiger partial charge in [-0.05, 0) is 12.8 Å². The minimum Gasteiger partial charge on any atom is -0.462 e. The van der Waals surface area contributed by atoms with Crippen molar-refractivity contribution < 1.29 is 47.8 Å². The summed E-state index contributed by atoms with van der Waals surface area (Å²) in [6.45, 7) is 2.40. The fourth-order valence-corrected chi connectivity index (χ4v) is 6.96. The second-order valence-electron chi connectivity index (χ2n) is 14.7. The molecular weight excluding hydrogens is 683 g/mol. The van der Waals surface area contributed by atoms with Crippen LogP contribution in [0.4, 0.5) is 0 Å². The second-order valence-corrected chi connectivity index (χ2v) is 16.2. The van der Waals surface area contributed by atoms with Gasteiger partial charge in [-0.3, -0.25) is 18.6 Å². The van der Waals surface area contributed by atoms with Crippen molar-refractivity contribution in [1.29, 1.82) is 0 Å². The van der Waals surface area contributed by atoms with Gasteiger partial charge in [-0.1, -0.05) is 187 Å². The van der Waals surface area contributed by atoms with Crippen LogP contribution in [0.2, 0.25) is 0 Å². The van der Waals surface area contributed by atoms with Crippen molar-refractivity contribution in [2.45, 2.75) is 225 Å². The topological polar surface area (TPSA) is 149 Å². The van der Waals surface area contributed by atoms with Crippen molar-refractivity contribution in [2.24, 2.45) is 0 Å². The summed E-state index contributed by atoms with van der Waals surface area (Å²) in [5.74, 6) is -0.912. The molecule has 0 aliphatic carbocycles. The van der Waals surface area contributed by atoms with E-state index in [0.29, 0.717) is 12.8 Å². The highest BCUT2D eigenvalue weighted by atomic mass is 31.2. The Labute approximate surface area is 318 Å². The monoisotopic (exact) mass is 765 g/mol. The van der Waals surface area contributed by atoms with Gasteiger partial charge in [0.1, 0.15) is 12.7 Å². The summed E-state index contributed by atoms with van der Waals surface area (Å²) in [7, 11) is -4.60. The first-order valence-electron chi connectivity index (χ1n) is 21.5. The van der Waals surface area contributed by atoms with Crippen molar-refractivity contribution in [1.82, 2.24) is 0 Å². The number of unbranched alkanes of at least 4 members (excludes halogenated alkanes) is 27. The molecule has 0 rings (SSSR count). The van der Waals surface area contributed by atoms with E-state index in [1.165, 1.54) is 135 Å². The zero-order chi connectivity index (χ0) is 38.4. The lowest BCUT2D eigenvalue weighted by atomic mass is 10.0. The maximum atomic E-state index is 12.6. The molecule has 0 saturated heterocycles. The van der Waals surface area contributed by atoms with Crippen LogP contribution in [0.5, 0.6) is 0 Å². The van der Waals surface area contributed by atoms with Crippen LogP contribution in [0.25, 0.3) is 0 Å². The Kier molecular flexibility index (Phi) is 37.5. The number of ether oxygens (including phenoxy) is 2. The molecule has 0 bridgehead atoms. The van der Waals surface area contributed by atoms with E-state index in [2.05, 4.69) is 18.4 Å². The van der Waals surface area contributed by atoms with E-state index in [0.717, 1.165) is 38.5 Å². The van der Waals surface area contributed by atoms with E-state index in [4.69, 9.17) is 19.1 Å². The maximum Gasteiger partial charge on any atom is 0.472 e. The summed E-state index contributed by atoms with van der Waals surface area (Å²) in [5.41, 5.74) is 0. The second kappa shape index (κ2) is 38.3. The lowest BCUT2D eigenvalue weighted by molar-refractivity contribution is -0.161. The Morgan fingerprint density at radius 2 is 0.827 bits per heavy atom. The molecular formula is C41H81O10P. The van der Waals surface area contributed by atoms with Crippen molar-refractivity contribution in [3.05, 3.63) is 0 Å². The van der Waals surface area contributed by atoms with Gasteiger partial charge in [-0.25, -0.2) is 4.57 Å². The van der Waals surface area contributed by atoms with Crippen LogP contribution in [0.15, 0.2) is 0 Å². The van der Waals surface area contributed by atoms with Crippen LogP contribution in [-0.2, 0) is 32.7 Å². The third-order valence-electron chi connectivity index (χ3n) is 9.51. The summed E-state index contributed by atoms with van der Waals surface area (Å²) >= 11 is 0. The highest BCUT2D eigenvalue weighted by Crippen LogP contribution is 2.43. The van der Waals surface area contributed by atoms with E-state index in [9.17, 15) is 24.2 Å². The third kappa shape index (κ3) is 37.3. The molecule has 3 unspecified atom stereocenters. The van der Waals surface area contributed by atoms with Gasteiger partial charge in [0.2, 0.25) is 0 Å². The van der Waals surface area contributed by atoms with E-state index >= 15 is 0 Å². The number of aliphatic hydroxyl groups excluding tert-OH is 2. The van der Waals surface area contributed by atoms with E-state index in [1.54, 1.807) is 0 Å². The number of rotatable bonds is 41. The van der Waals surface area contributed by atoms with Crippen LogP contribution < -0.4 is 0 Å². The maximum absolute atomic E-state index is 12.6. The van der Waals surface area contributed by atoms with Crippen molar-refractivity contribution in [2.75, 3.05) is 26.4 Å². The SMILES string of the molecule is CCCCCCCCCCCCCCCCCCCCCC(=O)OC(COC(=O)CCCCCCCCCCCC)COP(=O)(O)OCC(O)CO. The Hall–Kier alpha value is -1.03. The van der Waals surface area contributed by atoms with Crippen molar-refractivity contribution in [3.8, 4) is 0 Å². The van der Waals surface area contributed by atoms with Gasteiger partial charge in [0.05, 0.1) is 19.8 Å². The standard InChI is InChI=1S/C41H81O10P/c1-3-5-7-9-11-13-15-16-17-18-19-20-21-22-23-25-27-29-31-33-41(45)51-39(37-50-52(46,47)49-35-38(43)34-42)36-48-40(44)32-30-28-26-24-14-12-10-8-6-4-2/h38-39,42-43H,3-37H2,1-2H3,(H,46,47). The molecule has 0 aliphatic heterocycles. The number of phosphoric ester groups is 1. The Morgan fingerprint density at radius 1 is 0.500 bits per heavy atom. The van der Waals surface area contributed by atoms with E-state index in [1.807, 2.05) is 0 Å². The lowest BCUT2D eigenvalue weighted by Crippen LogP contribution is -2.29. The Morgan fingerprint density at radius 3 is 1.19 bits per heavy atom. The minimum atomic E-state index is -4.60. The third-order valence-corrected chi connectivity index (χ3v) is 10.5. The molecule has 0 aromatic heterocycles. The fourth-order valence-electron chi connectivity index (χ4n) is 6.17. The largest absolute Gasteiger partial charge is 0.472 e. The molecule has 10 nitrogen and oxygen atoms in total. The van der Waals surface area contributed by atoms with Crippen molar-refractivity contribution >= 4 is 19.8 Å². The predicted octanol–water partition coefficient (Wildman–Crippen LogP) is 11.1. The summed E-state index contributed by atoms with van der Waals surface area (Å²) in [4.78, 5) is 34.9. The van der Waals surface area contributed by atoms with Crippen LogP contribution in [0.1, 0.15) is 213 Å². The molecule has 0 aromatic carbocycles. The summed E-state index contributed by atoms with van der Waals surface area (Å²) in [6.07, 6.45) is 33.6. The Bertz CT molecular complexity index is 842. The van der Waals surface area contributed by atoms with E-state index < -0.39 is 51.8 Å². The van der Waals surface area contributed by atoms with Gasteiger partial charge in [-0.2, -0.15) is 0 Å². The molecule has 310 valence electrons. The zero-order valence-electron chi connectivity index (χ0n) is 33.6. The van der Waals surface area contributed by atoms with Crippen LogP contribution >= 0.6 is 7.82 Å². The zero-order valence-corrected chi connectivity index (χ0v) is 34.4. The summed E-state index contributed by atoms with van der Waals surface area (Å²) in [6, 6.07) is 0. The summed E-state index contributed by atoms with van der Waals surface area (Å²) in [5, 5.41) is 18.3. The summed E-state index contributed by atoms with van der Waals surface area (Å²) < 4.78 is 32.6. The molecule has 0 radical (unpaired) electrons. The lowest BCUT2D eigenvalue weighted by Gasteiger charge is -2.20. The molecule has 3 N–H and O–H groups in total. The average Bonchev–Trinajstić information content (AvgIpc) is 3.13. The van der Waals surface area contributed by atoms with Gasteiger partial charge < -0.3 is 24.6 Å². The minimum absolute atomic E-state index is 0.192. The molecule has 52 heavy (non-hydrogen) atoms. The predicted molar refractivity (Wildman–Crippen MR) is 210 cm³/mol. The number of hydrogen-bond donors (Lipinski definition) is 3. The molecule has 11 heteroatoms. The highest BCUT2D eigenvalue weighted by Gasteiger charge is 2.27. The molecule has 0 aromatic rings. The fraction of sp³-hybridized carbons (Fsp3) is 0.951. The number of esters is 2. The van der Waals surface area contributed by atoms with Gasteiger partial charge in [0.15, 0.2) is 6.10 Å². The molecule has 0 spiro atoms. The molecule has 0 amide bonds. The van der Waals surface area contributed by atoms with Crippen LogP contribution in [-0.4, -0.2) is 65.7 Å². The van der Waals surface area contributed by atoms with Crippen molar-refractivity contribution in [3.63, 3.8) is 0 Å². The van der Waals surface area contributed by atoms with Crippen LogP contribution in [0.3, 0.4) is 0 Å². The smallest absolute Gasteiger partial charge is 0.462 e. The first-order valence-corrected chi connectivity index (χ1v) is 23.0. The van der Waals surface area contributed by atoms with Gasteiger partial charge in [0, 0.05) is 12.8 Å². The average molecular weight is 765 g/mol. The van der Waals surface area contributed by atoms with Gasteiger partial charge in [-0.15, -0.1) is 0 Å². The molecule has 0 saturated carbocycles. The molecule has 0 aliphatic rings. The Balaban J connectivity index is 4.19. The van der Waals surface area contributed by atoms with Crippen LogP contribution in [0, 0.1) is 0 Å². The van der Waals surface area contributed by atoms with E-state index in [-0.39, 0.29) is 19.4 Å². The van der Waals surface area contributed by atoms with Gasteiger partial charge in [0.25, 0.3) is 0 Å². The first kappa shape index (κ1) is 51.0.